The lowest BCUT2D eigenvalue weighted by atomic mass is 9.73. The van der Waals surface area contributed by atoms with Crippen LogP contribution >= 0.6 is 15.9 Å². The maximum atomic E-state index is 6.34. The summed E-state index contributed by atoms with van der Waals surface area (Å²) < 4.78 is 1.18. The Labute approximate surface area is 138 Å². The molecule has 2 atom stereocenters. The van der Waals surface area contributed by atoms with E-state index in [-0.39, 0.29) is 6.04 Å². The second-order valence-corrected chi connectivity index (χ2v) is 7.42. The molecule has 1 heterocycles. The standard InChI is InChI=1S/C18H29BrN2/c1-4-18(5-2)10-12-21(13-11-18)17(14(3)20)15-8-6-7-9-16(15)19/h6-9,14,17H,4-5,10-13,20H2,1-3H3. The van der Waals surface area contributed by atoms with Gasteiger partial charge in [-0.2, -0.15) is 0 Å². The molecule has 3 heteroatoms. The Kier molecular flexibility index (Phi) is 5.87. The molecule has 0 aromatic heterocycles. The van der Waals surface area contributed by atoms with Gasteiger partial charge in [-0.15, -0.1) is 0 Å². The Morgan fingerprint density at radius 3 is 2.24 bits per heavy atom. The molecule has 2 N–H and O–H groups in total. The van der Waals surface area contributed by atoms with Gasteiger partial charge in [0.25, 0.3) is 0 Å². The first-order valence-corrected chi connectivity index (χ1v) is 9.06. The van der Waals surface area contributed by atoms with E-state index in [9.17, 15) is 0 Å². The number of nitrogens with two attached hydrogens (primary N) is 1. The van der Waals surface area contributed by atoms with Crippen molar-refractivity contribution in [2.75, 3.05) is 13.1 Å². The summed E-state index contributed by atoms with van der Waals surface area (Å²) >= 11 is 3.70. The maximum Gasteiger partial charge on any atom is 0.0507 e. The molecule has 118 valence electrons. The molecular weight excluding hydrogens is 324 g/mol. The van der Waals surface area contributed by atoms with Crippen LogP contribution in [0.2, 0.25) is 0 Å². The van der Waals surface area contributed by atoms with Crippen LogP contribution < -0.4 is 5.73 Å². The number of hydrogen-bond acceptors (Lipinski definition) is 2. The molecule has 0 radical (unpaired) electrons. The molecule has 0 aliphatic carbocycles. The van der Waals surface area contributed by atoms with E-state index in [4.69, 9.17) is 5.73 Å². The van der Waals surface area contributed by atoms with Crippen molar-refractivity contribution in [3.8, 4) is 0 Å². The van der Waals surface area contributed by atoms with Crippen LogP contribution in [0, 0.1) is 5.41 Å². The first-order chi connectivity index (χ1) is 10.0. The zero-order chi connectivity index (χ0) is 15.5. The van der Waals surface area contributed by atoms with Crippen LogP contribution in [0.4, 0.5) is 0 Å². The van der Waals surface area contributed by atoms with Crippen LogP contribution in [-0.2, 0) is 0 Å². The van der Waals surface area contributed by atoms with Gasteiger partial charge in [-0.1, -0.05) is 60.8 Å². The van der Waals surface area contributed by atoms with E-state index in [1.165, 1.54) is 35.7 Å². The zero-order valence-electron chi connectivity index (χ0n) is 13.6. The first-order valence-electron chi connectivity index (χ1n) is 8.27. The van der Waals surface area contributed by atoms with Crippen molar-refractivity contribution in [3.63, 3.8) is 0 Å². The summed E-state index contributed by atoms with van der Waals surface area (Å²) in [6, 6.07) is 8.96. The summed E-state index contributed by atoms with van der Waals surface area (Å²) in [5, 5.41) is 0. The number of nitrogens with zero attached hydrogens (tertiary/aromatic N) is 1. The number of benzene rings is 1. The zero-order valence-corrected chi connectivity index (χ0v) is 15.2. The molecule has 1 saturated heterocycles. The van der Waals surface area contributed by atoms with E-state index in [1.807, 2.05) is 0 Å². The molecule has 2 unspecified atom stereocenters. The molecular formula is C18H29BrN2. The number of hydrogen-bond donors (Lipinski definition) is 1. The lowest BCUT2D eigenvalue weighted by Gasteiger charge is -2.45. The fourth-order valence-corrected chi connectivity index (χ4v) is 4.28. The van der Waals surface area contributed by atoms with Crippen LogP contribution in [0.1, 0.15) is 58.1 Å². The highest BCUT2D eigenvalue weighted by molar-refractivity contribution is 9.10. The van der Waals surface area contributed by atoms with Crippen molar-refractivity contribution in [1.82, 2.24) is 4.90 Å². The average molecular weight is 353 g/mol. The Balaban J connectivity index is 2.17. The minimum atomic E-state index is 0.138. The Morgan fingerprint density at radius 2 is 1.76 bits per heavy atom. The quantitative estimate of drug-likeness (QED) is 0.828. The van der Waals surface area contributed by atoms with Crippen LogP contribution in [-0.4, -0.2) is 24.0 Å². The van der Waals surface area contributed by atoms with E-state index in [0.29, 0.717) is 11.5 Å². The molecule has 1 aliphatic heterocycles. The topological polar surface area (TPSA) is 29.3 Å². The Bertz CT molecular complexity index is 444. The monoisotopic (exact) mass is 352 g/mol. The van der Waals surface area contributed by atoms with Crippen LogP contribution in [0.25, 0.3) is 0 Å². The van der Waals surface area contributed by atoms with Crippen LogP contribution in [0.15, 0.2) is 28.7 Å². The fraction of sp³-hybridized carbons (Fsp3) is 0.667. The summed E-state index contributed by atoms with van der Waals surface area (Å²) in [7, 11) is 0. The average Bonchev–Trinajstić information content (AvgIpc) is 2.50. The second kappa shape index (κ2) is 7.26. The third-order valence-corrected chi connectivity index (χ3v) is 6.20. The van der Waals surface area contributed by atoms with Gasteiger partial charge in [0, 0.05) is 10.5 Å². The Hall–Kier alpha value is -0.380. The van der Waals surface area contributed by atoms with Crippen molar-refractivity contribution in [2.45, 2.75) is 58.5 Å². The summed E-state index contributed by atoms with van der Waals surface area (Å²) in [6.45, 7) is 9.14. The minimum absolute atomic E-state index is 0.138. The molecule has 1 aliphatic rings. The maximum absolute atomic E-state index is 6.34. The molecule has 2 rings (SSSR count). The predicted molar refractivity (Wildman–Crippen MR) is 94.4 cm³/mol. The number of halogens is 1. The molecule has 1 fully saturated rings. The third-order valence-electron chi connectivity index (χ3n) is 5.47. The van der Waals surface area contributed by atoms with Gasteiger partial charge in [0.1, 0.15) is 0 Å². The minimum Gasteiger partial charge on any atom is -0.326 e. The van der Waals surface area contributed by atoms with Gasteiger partial charge in [-0.05, 0) is 49.9 Å². The fourth-order valence-electron chi connectivity index (χ4n) is 3.76. The molecule has 0 amide bonds. The molecule has 1 aromatic carbocycles. The number of rotatable bonds is 5. The summed E-state index contributed by atoms with van der Waals surface area (Å²) in [5.41, 5.74) is 8.23. The van der Waals surface area contributed by atoms with E-state index in [1.54, 1.807) is 0 Å². The lowest BCUT2D eigenvalue weighted by Crippen LogP contribution is -2.46. The second-order valence-electron chi connectivity index (χ2n) is 6.57. The van der Waals surface area contributed by atoms with Crippen molar-refractivity contribution in [2.24, 2.45) is 11.1 Å². The first kappa shape index (κ1) is 17.0. The highest BCUT2D eigenvalue weighted by Gasteiger charge is 2.35. The SMILES string of the molecule is CCC1(CC)CCN(C(c2ccccc2Br)C(C)N)CC1. The highest BCUT2D eigenvalue weighted by atomic mass is 79.9. The van der Waals surface area contributed by atoms with Gasteiger partial charge < -0.3 is 5.73 Å². The molecule has 21 heavy (non-hydrogen) atoms. The number of piperidine rings is 1. The molecule has 0 saturated carbocycles. The van der Waals surface area contributed by atoms with E-state index >= 15 is 0 Å². The van der Waals surface area contributed by atoms with Crippen molar-refractivity contribution < 1.29 is 0 Å². The van der Waals surface area contributed by atoms with Crippen molar-refractivity contribution >= 4 is 15.9 Å². The Morgan fingerprint density at radius 1 is 1.19 bits per heavy atom. The normalized spacial score (nSPS) is 22.0. The molecule has 1 aromatic rings. The predicted octanol–water partition coefficient (Wildman–Crippen LogP) is 4.74. The third kappa shape index (κ3) is 3.69. The largest absolute Gasteiger partial charge is 0.326 e. The van der Waals surface area contributed by atoms with Crippen LogP contribution in [0.3, 0.4) is 0 Å². The molecule has 0 bridgehead atoms. The molecule has 0 spiro atoms. The van der Waals surface area contributed by atoms with E-state index in [2.05, 4.69) is 65.9 Å². The van der Waals surface area contributed by atoms with Gasteiger partial charge in [-0.25, -0.2) is 0 Å². The smallest absolute Gasteiger partial charge is 0.0507 e. The van der Waals surface area contributed by atoms with Gasteiger partial charge in [0.2, 0.25) is 0 Å². The highest BCUT2D eigenvalue weighted by Crippen LogP contribution is 2.41. The molecule has 2 nitrogen and oxygen atoms in total. The number of likely N-dealkylation sites (tertiary alicyclic amines) is 1. The lowest BCUT2D eigenvalue weighted by molar-refractivity contribution is 0.0585. The van der Waals surface area contributed by atoms with E-state index < -0.39 is 0 Å². The van der Waals surface area contributed by atoms with Crippen LogP contribution in [0.5, 0.6) is 0 Å². The summed E-state index contributed by atoms with van der Waals surface area (Å²) in [4.78, 5) is 2.59. The van der Waals surface area contributed by atoms with Crippen molar-refractivity contribution in [3.05, 3.63) is 34.3 Å². The summed E-state index contributed by atoms with van der Waals surface area (Å²) in [6.07, 6.45) is 5.20. The van der Waals surface area contributed by atoms with Gasteiger partial charge in [-0.3, -0.25) is 4.90 Å². The van der Waals surface area contributed by atoms with E-state index in [0.717, 1.165) is 13.1 Å². The van der Waals surface area contributed by atoms with Gasteiger partial charge in [0.15, 0.2) is 0 Å². The van der Waals surface area contributed by atoms with Gasteiger partial charge in [0.05, 0.1) is 6.04 Å². The summed E-state index contributed by atoms with van der Waals surface area (Å²) in [5.74, 6) is 0. The van der Waals surface area contributed by atoms with Gasteiger partial charge >= 0.3 is 0 Å². The van der Waals surface area contributed by atoms with Crippen molar-refractivity contribution in [1.29, 1.82) is 0 Å².